The molecule has 0 N–H and O–H groups in total. The Morgan fingerprint density at radius 1 is 1.14 bits per heavy atom. The Morgan fingerprint density at radius 2 is 2.07 bits per heavy atom. The number of hydrogen-bond donors (Lipinski definition) is 0. The van der Waals surface area contributed by atoms with Crippen LogP contribution >= 0.6 is 0 Å². The van der Waals surface area contributed by atoms with Gasteiger partial charge in [-0.3, -0.25) is 4.40 Å². The van der Waals surface area contributed by atoms with Gasteiger partial charge < -0.3 is 0 Å². The highest BCUT2D eigenvalue weighted by molar-refractivity contribution is 5.80. The van der Waals surface area contributed by atoms with E-state index in [0.29, 0.717) is 0 Å². The van der Waals surface area contributed by atoms with Crippen molar-refractivity contribution in [3.05, 3.63) is 48.2 Å². The summed E-state index contributed by atoms with van der Waals surface area (Å²) in [6.45, 7) is 2.10. The van der Waals surface area contributed by atoms with Crippen molar-refractivity contribution in [3.8, 4) is 0 Å². The van der Waals surface area contributed by atoms with Crippen molar-refractivity contribution in [1.82, 2.24) is 9.38 Å². The fourth-order valence-corrected chi connectivity index (χ4v) is 1.77. The Kier molecular flexibility index (Phi) is 1.39. The van der Waals surface area contributed by atoms with Crippen molar-refractivity contribution < 1.29 is 0 Å². The van der Waals surface area contributed by atoms with Crippen LogP contribution in [0.1, 0.15) is 5.56 Å². The molecule has 0 spiro atoms. The molecule has 2 aromatic heterocycles. The van der Waals surface area contributed by atoms with Gasteiger partial charge in [-0.2, -0.15) is 0 Å². The summed E-state index contributed by atoms with van der Waals surface area (Å²) in [4.78, 5) is 4.52. The number of imidazole rings is 1. The van der Waals surface area contributed by atoms with Gasteiger partial charge in [0, 0.05) is 6.20 Å². The van der Waals surface area contributed by atoms with Crippen molar-refractivity contribution in [2.24, 2.45) is 0 Å². The van der Waals surface area contributed by atoms with Crippen LogP contribution in [0.2, 0.25) is 0 Å². The summed E-state index contributed by atoms with van der Waals surface area (Å²) in [5.74, 6) is 0. The summed E-state index contributed by atoms with van der Waals surface area (Å²) in [7, 11) is 0. The van der Waals surface area contributed by atoms with Crippen molar-refractivity contribution in [1.29, 1.82) is 0 Å². The molecule has 2 heterocycles. The quantitative estimate of drug-likeness (QED) is 0.522. The Hall–Kier alpha value is -1.83. The van der Waals surface area contributed by atoms with Crippen molar-refractivity contribution in [2.45, 2.75) is 6.92 Å². The maximum atomic E-state index is 4.52. The minimum Gasteiger partial charge on any atom is -0.300 e. The lowest BCUT2D eigenvalue weighted by atomic mass is 10.2. The summed E-state index contributed by atoms with van der Waals surface area (Å²) >= 11 is 0. The SMILES string of the molecule is Cc1ccc2nc3ccccn3c2c1. The predicted octanol–water partition coefficient (Wildman–Crippen LogP) is 2.80. The molecule has 0 amide bonds. The van der Waals surface area contributed by atoms with Gasteiger partial charge in [-0.1, -0.05) is 12.1 Å². The Balaban J connectivity index is 2.58. The Bertz CT molecular complexity index is 608. The normalized spacial score (nSPS) is 11.2. The Morgan fingerprint density at radius 3 is 3.00 bits per heavy atom. The van der Waals surface area contributed by atoms with Gasteiger partial charge in [0.1, 0.15) is 5.65 Å². The van der Waals surface area contributed by atoms with E-state index in [1.165, 1.54) is 11.1 Å². The molecular weight excluding hydrogens is 172 g/mol. The molecule has 0 saturated heterocycles. The van der Waals surface area contributed by atoms with E-state index < -0.39 is 0 Å². The third-order valence-electron chi connectivity index (χ3n) is 2.46. The van der Waals surface area contributed by atoms with Gasteiger partial charge in [0.2, 0.25) is 0 Å². The van der Waals surface area contributed by atoms with Crippen LogP contribution in [0.3, 0.4) is 0 Å². The molecule has 14 heavy (non-hydrogen) atoms. The summed E-state index contributed by atoms with van der Waals surface area (Å²) in [5.41, 5.74) is 4.51. The van der Waals surface area contributed by atoms with E-state index >= 15 is 0 Å². The molecule has 0 unspecified atom stereocenters. The van der Waals surface area contributed by atoms with E-state index in [-0.39, 0.29) is 0 Å². The summed E-state index contributed by atoms with van der Waals surface area (Å²) in [6, 6.07) is 12.4. The molecule has 0 radical (unpaired) electrons. The molecule has 0 aliphatic rings. The second-order valence-corrected chi connectivity index (χ2v) is 3.53. The monoisotopic (exact) mass is 182 g/mol. The van der Waals surface area contributed by atoms with E-state index in [9.17, 15) is 0 Å². The van der Waals surface area contributed by atoms with Crippen LogP contribution in [-0.4, -0.2) is 9.38 Å². The number of pyridine rings is 1. The molecule has 0 atom stereocenters. The first-order valence-corrected chi connectivity index (χ1v) is 4.68. The van der Waals surface area contributed by atoms with E-state index in [1.54, 1.807) is 0 Å². The van der Waals surface area contributed by atoms with Crippen LogP contribution in [-0.2, 0) is 0 Å². The van der Waals surface area contributed by atoms with E-state index in [4.69, 9.17) is 0 Å². The number of aryl methyl sites for hydroxylation is 1. The molecular formula is C12H10N2. The van der Waals surface area contributed by atoms with Crippen LogP contribution in [0.4, 0.5) is 0 Å². The predicted molar refractivity (Wildman–Crippen MR) is 57.4 cm³/mol. The van der Waals surface area contributed by atoms with Gasteiger partial charge >= 0.3 is 0 Å². The second kappa shape index (κ2) is 2.58. The standard InChI is InChI=1S/C12H10N2/c1-9-5-6-10-11(8-9)14-7-3-2-4-12(14)13-10/h2-8H,1H3. The van der Waals surface area contributed by atoms with Crippen LogP contribution in [0.5, 0.6) is 0 Å². The molecule has 1 aromatic carbocycles. The van der Waals surface area contributed by atoms with E-state index in [2.05, 4.69) is 34.5 Å². The number of rotatable bonds is 0. The first-order valence-electron chi connectivity index (χ1n) is 4.68. The smallest absolute Gasteiger partial charge is 0.137 e. The van der Waals surface area contributed by atoms with Crippen molar-refractivity contribution in [3.63, 3.8) is 0 Å². The highest BCUT2D eigenvalue weighted by Gasteiger charge is 2.02. The summed E-state index contributed by atoms with van der Waals surface area (Å²) in [6.07, 6.45) is 2.05. The third kappa shape index (κ3) is 0.940. The minimum absolute atomic E-state index is 1.01. The number of hydrogen-bond acceptors (Lipinski definition) is 1. The molecule has 0 saturated carbocycles. The largest absolute Gasteiger partial charge is 0.300 e. The third-order valence-corrected chi connectivity index (χ3v) is 2.46. The summed E-state index contributed by atoms with van der Waals surface area (Å²) in [5, 5.41) is 0. The lowest BCUT2D eigenvalue weighted by Crippen LogP contribution is -1.81. The van der Waals surface area contributed by atoms with Crippen LogP contribution in [0, 0.1) is 6.92 Å². The van der Waals surface area contributed by atoms with Gasteiger partial charge in [-0.25, -0.2) is 4.98 Å². The highest BCUT2D eigenvalue weighted by atomic mass is 15.0. The number of benzene rings is 1. The molecule has 68 valence electrons. The highest BCUT2D eigenvalue weighted by Crippen LogP contribution is 2.17. The maximum Gasteiger partial charge on any atom is 0.137 e. The Labute approximate surface area is 81.8 Å². The van der Waals surface area contributed by atoms with Crippen LogP contribution in [0.25, 0.3) is 16.7 Å². The van der Waals surface area contributed by atoms with Gasteiger partial charge in [0.15, 0.2) is 0 Å². The number of nitrogens with zero attached hydrogens (tertiary/aromatic N) is 2. The fraction of sp³-hybridized carbons (Fsp3) is 0.0833. The number of fused-ring (bicyclic) bond motifs is 3. The topological polar surface area (TPSA) is 17.3 Å². The second-order valence-electron chi connectivity index (χ2n) is 3.53. The van der Waals surface area contributed by atoms with Crippen LogP contribution in [0.15, 0.2) is 42.6 Å². The first kappa shape index (κ1) is 7.56. The average Bonchev–Trinajstić information content (AvgIpc) is 2.56. The summed E-state index contributed by atoms with van der Waals surface area (Å²) < 4.78 is 2.11. The first-order chi connectivity index (χ1) is 6.84. The fourth-order valence-electron chi connectivity index (χ4n) is 1.77. The lowest BCUT2D eigenvalue weighted by Gasteiger charge is -1.94. The van der Waals surface area contributed by atoms with Gasteiger partial charge in [-0.05, 0) is 36.8 Å². The molecule has 3 aromatic rings. The molecule has 3 rings (SSSR count). The zero-order valence-electron chi connectivity index (χ0n) is 7.94. The van der Waals surface area contributed by atoms with Gasteiger partial charge in [-0.15, -0.1) is 0 Å². The van der Waals surface area contributed by atoms with E-state index in [1.807, 2.05) is 24.4 Å². The zero-order chi connectivity index (χ0) is 9.54. The lowest BCUT2D eigenvalue weighted by molar-refractivity contribution is 1.22. The van der Waals surface area contributed by atoms with Gasteiger partial charge in [0.05, 0.1) is 11.0 Å². The average molecular weight is 182 g/mol. The van der Waals surface area contributed by atoms with E-state index in [0.717, 1.165) is 11.2 Å². The molecule has 0 fully saturated rings. The molecule has 0 aliphatic carbocycles. The maximum absolute atomic E-state index is 4.52. The molecule has 0 bridgehead atoms. The molecule has 0 aliphatic heterocycles. The van der Waals surface area contributed by atoms with Crippen LogP contribution < -0.4 is 0 Å². The molecule has 2 heteroatoms. The van der Waals surface area contributed by atoms with Crippen molar-refractivity contribution in [2.75, 3.05) is 0 Å². The zero-order valence-corrected chi connectivity index (χ0v) is 7.94. The molecule has 2 nitrogen and oxygen atoms in total. The van der Waals surface area contributed by atoms with Crippen molar-refractivity contribution >= 4 is 16.7 Å². The number of aromatic nitrogens is 2. The minimum atomic E-state index is 1.01. The van der Waals surface area contributed by atoms with Gasteiger partial charge in [0.25, 0.3) is 0 Å².